The zero-order valence-electron chi connectivity index (χ0n) is 41.7. The fraction of sp³-hybridized carbons (Fsp3) is 0.111. The highest BCUT2D eigenvalue weighted by atomic mass is 28.3. The number of rotatable bonds is 18. The van der Waals surface area contributed by atoms with Gasteiger partial charge in [0.25, 0.3) is 0 Å². The van der Waals surface area contributed by atoms with E-state index in [-0.39, 0.29) is 5.54 Å². The summed E-state index contributed by atoms with van der Waals surface area (Å²) in [5.74, 6) is 0. The Hall–Kier alpha value is -8.10. The fourth-order valence-electron chi connectivity index (χ4n) is 11.4. The molecule has 354 valence electrons. The van der Waals surface area contributed by atoms with Crippen LogP contribution in [0.15, 0.2) is 291 Å². The number of benzene rings is 10. The van der Waals surface area contributed by atoms with Gasteiger partial charge in [0.15, 0.2) is 8.07 Å². The first-order valence-electron chi connectivity index (χ1n) is 26.1. The fourth-order valence-corrected chi connectivity index (χ4v) is 16.9. The standard InChI is InChI=1S/C72H62Si/c1-8-22-55(23-9-1)38-62-36-37-69(48-62)73(70-49-63(39-56-24-10-2-11-25-56)45-64(50-70)40-57-26-12-3-13-27-57,71-51-65(41-58-28-14-4-15-29-58)46-66(52-71)42-59-30-16-5-17-31-59)72-53-67(43-60-32-18-6-19-33-60)47-68(54-72)44-61-34-20-7-21-35-61/h1-37,45-54,69H,38-44H2. The molecule has 73 heavy (non-hydrogen) atoms. The highest BCUT2D eigenvalue weighted by molar-refractivity contribution is 7.13. The zero-order valence-corrected chi connectivity index (χ0v) is 42.7. The lowest BCUT2D eigenvalue weighted by atomic mass is 9.99. The van der Waals surface area contributed by atoms with E-state index in [1.165, 1.54) is 93.5 Å². The summed E-state index contributed by atoms with van der Waals surface area (Å²) in [5, 5.41) is 4.39. The molecule has 0 aliphatic heterocycles. The third-order valence-electron chi connectivity index (χ3n) is 14.7. The van der Waals surface area contributed by atoms with Crippen LogP contribution in [-0.4, -0.2) is 8.07 Å². The molecule has 1 aliphatic rings. The predicted molar refractivity (Wildman–Crippen MR) is 311 cm³/mol. The topological polar surface area (TPSA) is 0 Å². The number of allylic oxidation sites excluding steroid dienone is 4. The van der Waals surface area contributed by atoms with Gasteiger partial charge >= 0.3 is 0 Å². The van der Waals surface area contributed by atoms with Gasteiger partial charge in [-0.05, 0) is 138 Å². The zero-order chi connectivity index (χ0) is 49.1. The lowest BCUT2D eigenvalue weighted by molar-refractivity contribution is 1.13. The van der Waals surface area contributed by atoms with Crippen LogP contribution < -0.4 is 15.6 Å². The van der Waals surface area contributed by atoms with E-state index in [0.717, 1.165) is 44.9 Å². The molecular formula is C72H62Si. The molecule has 0 saturated carbocycles. The molecule has 1 aliphatic carbocycles. The maximum atomic E-state index is 2.68. The highest BCUT2D eigenvalue weighted by Gasteiger charge is 2.47. The quantitative estimate of drug-likeness (QED) is 0.0594. The first-order chi connectivity index (χ1) is 36.1. The van der Waals surface area contributed by atoms with Crippen molar-refractivity contribution in [2.75, 3.05) is 0 Å². The molecule has 0 radical (unpaired) electrons. The molecule has 0 N–H and O–H groups in total. The summed E-state index contributed by atoms with van der Waals surface area (Å²) in [7, 11) is -3.20. The van der Waals surface area contributed by atoms with Crippen molar-refractivity contribution in [3.05, 3.63) is 363 Å². The summed E-state index contributed by atoms with van der Waals surface area (Å²) < 4.78 is 0. The second-order valence-corrected chi connectivity index (χ2v) is 24.2. The molecular weight excluding hydrogens is 893 g/mol. The molecule has 0 aromatic heterocycles. The summed E-state index contributed by atoms with van der Waals surface area (Å²) in [6.07, 6.45) is 13.8. The lowest BCUT2D eigenvalue weighted by Gasteiger charge is -2.39. The van der Waals surface area contributed by atoms with E-state index in [0.29, 0.717) is 0 Å². The van der Waals surface area contributed by atoms with E-state index in [2.05, 4.69) is 285 Å². The predicted octanol–water partition coefficient (Wildman–Crippen LogP) is 14.8. The van der Waals surface area contributed by atoms with Crippen molar-refractivity contribution in [3.63, 3.8) is 0 Å². The molecule has 0 spiro atoms. The highest BCUT2D eigenvalue weighted by Crippen LogP contribution is 2.36. The molecule has 0 heterocycles. The van der Waals surface area contributed by atoms with Crippen molar-refractivity contribution in [1.82, 2.24) is 0 Å². The van der Waals surface area contributed by atoms with Gasteiger partial charge in [-0.15, -0.1) is 0 Å². The van der Waals surface area contributed by atoms with Crippen LogP contribution >= 0.6 is 0 Å². The second kappa shape index (κ2) is 22.5. The Morgan fingerprint density at radius 3 is 0.685 bits per heavy atom. The largest absolute Gasteiger partial charge is 0.158 e. The monoisotopic (exact) mass is 954 g/mol. The van der Waals surface area contributed by atoms with E-state index >= 15 is 0 Å². The van der Waals surface area contributed by atoms with Crippen LogP contribution in [0.5, 0.6) is 0 Å². The third kappa shape index (κ3) is 11.7. The van der Waals surface area contributed by atoms with Crippen LogP contribution in [0.3, 0.4) is 0 Å². The van der Waals surface area contributed by atoms with Gasteiger partial charge in [0, 0.05) is 5.54 Å². The van der Waals surface area contributed by atoms with E-state index in [9.17, 15) is 0 Å². The van der Waals surface area contributed by atoms with Gasteiger partial charge in [-0.1, -0.05) is 285 Å². The van der Waals surface area contributed by atoms with E-state index < -0.39 is 8.07 Å². The van der Waals surface area contributed by atoms with Gasteiger partial charge in [-0.3, -0.25) is 0 Å². The Kier molecular flexibility index (Phi) is 14.6. The van der Waals surface area contributed by atoms with Crippen LogP contribution in [0.25, 0.3) is 0 Å². The molecule has 0 nitrogen and oxygen atoms in total. The SMILES string of the molecule is C1=CC([Si](c2cc(Cc3ccccc3)cc(Cc3ccccc3)c2)(c2cc(Cc3ccccc3)cc(Cc3ccccc3)c2)c2cc(Cc3ccccc3)cc(Cc3ccccc3)c2)C=C1Cc1ccccc1. The van der Waals surface area contributed by atoms with E-state index in [1.807, 2.05) is 0 Å². The third-order valence-corrected chi connectivity index (χ3v) is 19.6. The number of hydrogen-bond donors (Lipinski definition) is 0. The van der Waals surface area contributed by atoms with Crippen LogP contribution in [0.4, 0.5) is 0 Å². The van der Waals surface area contributed by atoms with Crippen molar-refractivity contribution in [2.24, 2.45) is 0 Å². The molecule has 10 aromatic carbocycles. The smallest absolute Gasteiger partial charge is 0.0790 e. The molecule has 11 rings (SSSR count). The van der Waals surface area contributed by atoms with Gasteiger partial charge in [0.2, 0.25) is 0 Å². The van der Waals surface area contributed by atoms with E-state index in [4.69, 9.17) is 0 Å². The molecule has 10 aromatic rings. The van der Waals surface area contributed by atoms with Crippen LogP contribution in [0, 0.1) is 0 Å². The van der Waals surface area contributed by atoms with Crippen molar-refractivity contribution in [1.29, 1.82) is 0 Å². The molecule has 0 fully saturated rings. The summed E-state index contributed by atoms with van der Waals surface area (Å²) >= 11 is 0. The molecule has 1 atom stereocenters. The van der Waals surface area contributed by atoms with Crippen LogP contribution in [0.2, 0.25) is 5.54 Å². The first-order valence-corrected chi connectivity index (χ1v) is 28.2. The van der Waals surface area contributed by atoms with Crippen molar-refractivity contribution >= 4 is 23.6 Å². The minimum Gasteiger partial charge on any atom is -0.0790 e. The molecule has 0 amide bonds. The van der Waals surface area contributed by atoms with E-state index in [1.54, 1.807) is 0 Å². The Morgan fingerprint density at radius 2 is 0.452 bits per heavy atom. The summed E-state index contributed by atoms with van der Waals surface area (Å²) in [5.41, 5.74) is 19.0. The van der Waals surface area contributed by atoms with Gasteiger partial charge in [0.05, 0.1) is 0 Å². The molecule has 0 saturated heterocycles. The number of hydrogen-bond acceptors (Lipinski definition) is 0. The van der Waals surface area contributed by atoms with Gasteiger partial charge < -0.3 is 0 Å². The first kappa shape index (κ1) is 47.2. The lowest BCUT2D eigenvalue weighted by Crippen LogP contribution is -2.69. The van der Waals surface area contributed by atoms with Gasteiger partial charge in [-0.2, -0.15) is 0 Å². The Balaban J connectivity index is 1.23. The summed E-state index contributed by atoms with van der Waals surface area (Å²) in [6, 6.07) is 101. The minimum atomic E-state index is -3.20. The maximum Gasteiger partial charge on any atom is 0.158 e. The Labute approximate surface area is 434 Å². The summed E-state index contributed by atoms with van der Waals surface area (Å²) in [4.78, 5) is 0. The molecule has 1 unspecified atom stereocenters. The summed E-state index contributed by atoms with van der Waals surface area (Å²) in [6.45, 7) is 0. The molecule has 0 bridgehead atoms. The maximum absolute atomic E-state index is 3.20. The van der Waals surface area contributed by atoms with Crippen molar-refractivity contribution < 1.29 is 0 Å². The Bertz CT molecular complexity index is 2940. The molecule has 1 heteroatoms. The minimum absolute atomic E-state index is 0.121. The second-order valence-electron chi connectivity index (χ2n) is 20.2. The average molecular weight is 955 g/mol. The Morgan fingerprint density at radius 1 is 0.233 bits per heavy atom. The van der Waals surface area contributed by atoms with Crippen LogP contribution in [0.1, 0.15) is 72.3 Å². The van der Waals surface area contributed by atoms with Crippen molar-refractivity contribution in [2.45, 2.75) is 50.5 Å². The van der Waals surface area contributed by atoms with Crippen LogP contribution in [-0.2, 0) is 44.9 Å². The average Bonchev–Trinajstić information content (AvgIpc) is 3.89. The van der Waals surface area contributed by atoms with Crippen molar-refractivity contribution in [3.8, 4) is 0 Å². The van der Waals surface area contributed by atoms with Gasteiger partial charge in [-0.25, -0.2) is 0 Å². The van der Waals surface area contributed by atoms with Gasteiger partial charge in [0.1, 0.15) is 0 Å². The normalized spacial score (nSPS) is 13.2.